The molecule has 0 saturated heterocycles. The molecule has 0 saturated carbocycles. The van der Waals surface area contributed by atoms with Gasteiger partial charge >= 0.3 is 0 Å². The van der Waals surface area contributed by atoms with Gasteiger partial charge in [0.2, 0.25) is 0 Å². The van der Waals surface area contributed by atoms with E-state index in [0.717, 1.165) is 25.1 Å². The molecule has 4 nitrogen and oxygen atoms in total. The summed E-state index contributed by atoms with van der Waals surface area (Å²) in [4.78, 5) is 2.28. The number of fused-ring (bicyclic) bond motifs is 1. The molecule has 2 aromatic rings. The summed E-state index contributed by atoms with van der Waals surface area (Å²) >= 11 is 0. The maximum absolute atomic E-state index is 13.7. The SMILES string of the molecule is COc1ccc(CNCC(O)CN2CCc3ccccc3C2)cc1F. The first kappa shape index (κ1) is 17.9. The molecule has 1 aliphatic rings. The highest BCUT2D eigenvalue weighted by Gasteiger charge is 2.18. The first-order valence-electron chi connectivity index (χ1n) is 8.66. The van der Waals surface area contributed by atoms with Crippen LogP contribution in [0.15, 0.2) is 42.5 Å². The van der Waals surface area contributed by atoms with Crippen molar-refractivity contribution < 1.29 is 14.2 Å². The molecular weight excluding hydrogens is 319 g/mol. The first-order valence-corrected chi connectivity index (χ1v) is 8.66. The molecule has 3 rings (SSSR count). The topological polar surface area (TPSA) is 44.7 Å². The molecule has 0 fully saturated rings. The Hall–Kier alpha value is -1.95. The second kappa shape index (κ2) is 8.43. The summed E-state index contributed by atoms with van der Waals surface area (Å²) in [6, 6.07) is 13.4. The molecule has 2 N–H and O–H groups in total. The van der Waals surface area contributed by atoms with E-state index in [4.69, 9.17) is 4.74 Å². The summed E-state index contributed by atoms with van der Waals surface area (Å²) in [6.45, 7) is 3.49. The van der Waals surface area contributed by atoms with Gasteiger partial charge in [-0.15, -0.1) is 0 Å². The zero-order chi connectivity index (χ0) is 17.6. The van der Waals surface area contributed by atoms with Gasteiger partial charge in [0.05, 0.1) is 13.2 Å². The number of halogens is 1. The Morgan fingerprint density at radius 2 is 2.04 bits per heavy atom. The van der Waals surface area contributed by atoms with Crippen molar-refractivity contribution in [3.8, 4) is 5.75 Å². The van der Waals surface area contributed by atoms with Crippen LogP contribution in [-0.4, -0.2) is 42.9 Å². The van der Waals surface area contributed by atoms with Gasteiger partial charge in [-0.05, 0) is 35.2 Å². The van der Waals surface area contributed by atoms with E-state index < -0.39 is 6.10 Å². The van der Waals surface area contributed by atoms with Crippen molar-refractivity contribution in [3.05, 3.63) is 65.0 Å². The molecule has 2 aromatic carbocycles. The Balaban J connectivity index is 1.43. The molecule has 134 valence electrons. The van der Waals surface area contributed by atoms with Crippen LogP contribution in [0.1, 0.15) is 16.7 Å². The zero-order valence-electron chi connectivity index (χ0n) is 14.5. The number of rotatable bonds is 7. The molecule has 1 atom stereocenters. The number of nitrogens with zero attached hydrogens (tertiary/aromatic N) is 1. The summed E-state index contributed by atoms with van der Waals surface area (Å²) in [5.74, 6) is -0.122. The van der Waals surface area contributed by atoms with Gasteiger partial charge in [0.1, 0.15) is 0 Å². The van der Waals surface area contributed by atoms with Crippen LogP contribution in [0.2, 0.25) is 0 Å². The molecule has 25 heavy (non-hydrogen) atoms. The molecule has 0 spiro atoms. The standard InChI is InChI=1S/C20H25FN2O2/c1-25-20-7-6-15(10-19(20)21)11-22-12-18(24)14-23-9-8-16-4-2-3-5-17(16)13-23/h2-7,10,18,22,24H,8-9,11-14H2,1H3. The zero-order valence-corrected chi connectivity index (χ0v) is 14.5. The summed E-state index contributed by atoms with van der Waals surface area (Å²) in [7, 11) is 1.45. The second-order valence-corrected chi connectivity index (χ2v) is 6.51. The largest absolute Gasteiger partial charge is 0.494 e. The summed E-state index contributed by atoms with van der Waals surface area (Å²) in [6.07, 6.45) is 0.579. The van der Waals surface area contributed by atoms with Crippen LogP contribution in [0, 0.1) is 5.82 Å². The maximum Gasteiger partial charge on any atom is 0.165 e. The Kier molecular flexibility index (Phi) is 6.02. The molecule has 0 amide bonds. The van der Waals surface area contributed by atoms with Crippen molar-refractivity contribution >= 4 is 0 Å². The minimum atomic E-state index is -0.451. The third-order valence-electron chi connectivity index (χ3n) is 4.60. The Morgan fingerprint density at radius 1 is 1.24 bits per heavy atom. The molecule has 1 aliphatic heterocycles. The Bertz CT molecular complexity index is 708. The monoisotopic (exact) mass is 344 g/mol. The minimum absolute atomic E-state index is 0.245. The molecule has 0 aromatic heterocycles. The number of methoxy groups -OCH3 is 1. The van der Waals surface area contributed by atoms with Gasteiger partial charge in [-0.3, -0.25) is 4.90 Å². The van der Waals surface area contributed by atoms with Gasteiger partial charge in [-0.1, -0.05) is 30.3 Å². The van der Waals surface area contributed by atoms with Gasteiger partial charge in [0, 0.05) is 32.7 Å². The van der Waals surface area contributed by atoms with Crippen LogP contribution in [0.4, 0.5) is 4.39 Å². The average Bonchev–Trinajstić information content (AvgIpc) is 2.62. The Labute approximate surface area is 148 Å². The molecular formula is C20H25FN2O2. The van der Waals surface area contributed by atoms with Crippen molar-refractivity contribution in [2.24, 2.45) is 0 Å². The molecule has 5 heteroatoms. The van der Waals surface area contributed by atoms with E-state index in [1.807, 2.05) is 6.07 Å². The summed E-state index contributed by atoms with van der Waals surface area (Å²) in [5, 5.41) is 13.5. The number of hydrogen-bond acceptors (Lipinski definition) is 4. The molecule has 0 radical (unpaired) electrons. The highest BCUT2D eigenvalue weighted by Crippen LogP contribution is 2.19. The van der Waals surface area contributed by atoms with Gasteiger partial charge in [0.15, 0.2) is 11.6 Å². The number of β-amino-alcohol motifs (C(OH)–C–C–N with tert-alkyl or cyclic N) is 1. The lowest BCUT2D eigenvalue weighted by Gasteiger charge is -2.30. The van der Waals surface area contributed by atoms with Crippen LogP contribution < -0.4 is 10.1 Å². The van der Waals surface area contributed by atoms with Crippen molar-refractivity contribution in [1.29, 1.82) is 0 Å². The quantitative estimate of drug-likeness (QED) is 0.809. The van der Waals surface area contributed by atoms with Crippen LogP contribution in [0.5, 0.6) is 5.75 Å². The van der Waals surface area contributed by atoms with Gasteiger partial charge < -0.3 is 15.2 Å². The number of aliphatic hydroxyl groups is 1. The predicted octanol–water partition coefficient (Wildman–Crippen LogP) is 2.34. The smallest absolute Gasteiger partial charge is 0.165 e. The fourth-order valence-electron chi connectivity index (χ4n) is 3.28. The van der Waals surface area contributed by atoms with Crippen molar-refractivity contribution in [1.82, 2.24) is 10.2 Å². The lowest BCUT2D eigenvalue weighted by atomic mass is 10.00. The third kappa shape index (κ3) is 4.78. The van der Waals surface area contributed by atoms with E-state index >= 15 is 0 Å². The fourth-order valence-corrected chi connectivity index (χ4v) is 3.28. The number of aliphatic hydroxyl groups excluding tert-OH is 1. The molecule has 0 aliphatic carbocycles. The van der Waals surface area contributed by atoms with Crippen LogP contribution >= 0.6 is 0 Å². The van der Waals surface area contributed by atoms with E-state index in [2.05, 4.69) is 34.5 Å². The highest BCUT2D eigenvalue weighted by atomic mass is 19.1. The number of ether oxygens (including phenoxy) is 1. The maximum atomic E-state index is 13.7. The lowest BCUT2D eigenvalue weighted by Crippen LogP contribution is -2.40. The predicted molar refractivity (Wildman–Crippen MR) is 96.1 cm³/mol. The molecule has 1 unspecified atom stereocenters. The average molecular weight is 344 g/mol. The van der Waals surface area contributed by atoms with Gasteiger partial charge in [-0.2, -0.15) is 0 Å². The van der Waals surface area contributed by atoms with E-state index in [1.165, 1.54) is 24.3 Å². The number of benzene rings is 2. The second-order valence-electron chi connectivity index (χ2n) is 6.51. The normalized spacial score (nSPS) is 15.6. The van der Waals surface area contributed by atoms with Crippen molar-refractivity contribution in [2.45, 2.75) is 25.6 Å². The van der Waals surface area contributed by atoms with Crippen LogP contribution in [-0.2, 0) is 19.5 Å². The highest BCUT2D eigenvalue weighted by molar-refractivity contribution is 5.30. The third-order valence-corrected chi connectivity index (χ3v) is 4.60. The van der Waals surface area contributed by atoms with Crippen LogP contribution in [0.25, 0.3) is 0 Å². The van der Waals surface area contributed by atoms with Crippen molar-refractivity contribution in [3.63, 3.8) is 0 Å². The van der Waals surface area contributed by atoms with Crippen molar-refractivity contribution in [2.75, 3.05) is 26.7 Å². The number of nitrogens with one attached hydrogen (secondary N) is 1. The fraction of sp³-hybridized carbons (Fsp3) is 0.400. The lowest BCUT2D eigenvalue weighted by molar-refractivity contribution is 0.104. The van der Waals surface area contributed by atoms with E-state index in [9.17, 15) is 9.50 Å². The Morgan fingerprint density at radius 3 is 2.80 bits per heavy atom. The summed E-state index contributed by atoms with van der Waals surface area (Å²) in [5.41, 5.74) is 3.59. The van der Waals surface area contributed by atoms with E-state index in [1.54, 1.807) is 6.07 Å². The van der Waals surface area contributed by atoms with Gasteiger partial charge in [-0.25, -0.2) is 4.39 Å². The minimum Gasteiger partial charge on any atom is -0.494 e. The molecule has 0 bridgehead atoms. The van der Waals surface area contributed by atoms with Crippen LogP contribution in [0.3, 0.4) is 0 Å². The number of hydrogen-bond donors (Lipinski definition) is 2. The first-order chi connectivity index (χ1) is 12.2. The summed E-state index contributed by atoms with van der Waals surface area (Å²) < 4.78 is 18.6. The van der Waals surface area contributed by atoms with Gasteiger partial charge in [0.25, 0.3) is 0 Å². The van der Waals surface area contributed by atoms with E-state index in [-0.39, 0.29) is 11.6 Å². The molecule has 1 heterocycles. The van der Waals surface area contributed by atoms with E-state index in [0.29, 0.717) is 19.6 Å².